The number of hydrazine groups is 2. The van der Waals surface area contributed by atoms with E-state index in [-0.39, 0.29) is 26.8 Å². The molecule has 0 aromatic heterocycles. The summed E-state index contributed by atoms with van der Waals surface area (Å²) in [6.45, 7) is 1.59. The highest BCUT2D eigenvalue weighted by Crippen LogP contribution is 2.34. The maximum atomic E-state index is 6.79. The summed E-state index contributed by atoms with van der Waals surface area (Å²) in [5.41, 5.74) is 7.44. The van der Waals surface area contributed by atoms with Crippen molar-refractivity contribution >= 4 is 0 Å². The molecular weight excluding hydrogens is 332 g/mol. The maximum absolute atomic E-state index is 6.79. The summed E-state index contributed by atoms with van der Waals surface area (Å²) in [4.78, 5) is 0. The molecule has 0 radical (unpaired) electrons. The molecule has 1 aliphatic heterocycles. The summed E-state index contributed by atoms with van der Waals surface area (Å²) >= 11 is 0. The van der Waals surface area contributed by atoms with Crippen LogP contribution in [0, 0.1) is 0 Å². The van der Waals surface area contributed by atoms with Gasteiger partial charge in [-0.15, -0.1) is 5.12 Å². The molecule has 0 fully saturated rings. The van der Waals surface area contributed by atoms with E-state index in [1.54, 1.807) is 42.7 Å². The number of hydrogen-bond donors (Lipinski definition) is 1. The van der Waals surface area contributed by atoms with Gasteiger partial charge in [0.25, 0.3) is 0 Å². The van der Waals surface area contributed by atoms with Gasteiger partial charge < -0.3 is 34.2 Å². The molecule has 148 valence electrons. The van der Waals surface area contributed by atoms with Crippen molar-refractivity contribution in [3.05, 3.63) is 11.3 Å². The quantitative estimate of drug-likeness (QED) is 0.484. The second-order valence-corrected chi connectivity index (χ2v) is 5.57. The smallest absolute Gasteiger partial charge is 0.136 e. The minimum Gasteiger partial charge on any atom is -0.381 e. The zero-order chi connectivity index (χ0) is 18.9. The Labute approximate surface area is 149 Å². The van der Waals surface area contributed by atoms with Gasteiger partial charge in [0.2, 0.25) is 0 Å². The van der Waals surface area contributed by atoms with Crippen molar-refractivity contribution in [3.8, 4) is 0 Å². The lowest BCUT2D eigenvalue weighted by Gasteiger charge is -2.55. The predicted molar refractivity (Wildman–Crippen MR) is 90.7 cm³/mol. The molecule has 0 bridgehead atoms. The molecule has 1 heterocycles. The Bertz CT molecular complexity index is 425. The molecule has 1 atom stereocenters. The third-order valence-electron chi connectivity index (χ3n) is 3.88. The molecular formula is C15H32N4O6. The van der Waals surface area contributed by atoms with Crippen LogP contribution in [0.3, 0.4) is 0 Å². The van der Waals surface area contributed by atoms with Crippen molar-refractivity contribution in [2.24, 2.45) is 5.73 Å². The van der Waals surface area contributed by atoms with E-state index in [1.165, 1.54) is 0 Å². The Balaban J connectivity index is 3.54. The van der Waals surface area contributed by atoms with Gasteiger partial charge in [-0.3, -0.25) is 5.01 Å². The summed E-state index contributed by atoms with van der Waals surface area (Å²) in [5, 5.41) is 5.53. The largest absolute Gasteiger partial charge is 0.381 e. The monoisotopic (exact) mass is 364 g/mol. The van der Waals surface area contributed by atoms with Crippen molar-refractivity contribution < 1.29 is 28.4 Å². The number of ether oxygens (including phenoxy) is 6. The molecule has 25 heavy (non-hydrogen) atoms. The molecule has 1 rings (SSSR count). The van der Waals surface area contributed by atoms with Gasteiger partial charge in [0.05, 0.1) is 25.5 Å². The van der Waals surface area contributed by atoms with E-state index in [1.807, 2.05) is 15.1 Å². The van der Waals surface area contributed by atoms with E-state index in [9.17, 15) is 0 Å². The molecule has 0 amide bonds. The number of methoxy groups -OCH3 is 6. The standard InChI is InChI=1S/C15H32N4O6/c1-20-7-13-14(8-21-2)17(10-23-4)19(12-25-6)18(11-24-5)15(13,16)9-22-3/h7-12,16H2,1-6H3. The predicted octanol–water partition coefficient (Wildman–Crippen LogP) is -0.604. The summed E-state index contributed by atoms with van der Waals surface area (Å²) in [5.74, 6) is 0. The minimum atomic E-state index is -1.00. The van der Waals surface area contributed by atoms with Crippen molar-refractivity contribution in [1.82, 2.24) is 15.1 Å². The van der Waals surface area contributed by atoms with Crippen LogP contribution in [0.4, 0.5) is 0 Å². The van der Waals surface area contributed by atoms with Gasteiger partial charge in [0, 0.05) is 48.2 Å². The minimum absolute atomic E-state index is 0.219. The highest BCUT2D eigenvalue weighted by atomic mass is 16.5. The lowest BCUT2D eigenvalue weighted by atomic mass is 9.97. The Morgan fingerprint density at radius 3 is 1.84 bits per heavy atom. The topological polar surface area (TPSA) is 91.1 Å². The molecule has 2 N–H and O–H groups in total. The number of nitrogens with zero attached hydrogens (tertiary/aromatic N) is 3. The van der Waals surface area contributed by atoms with E-state index in [2.05, 4.69) is 0 Å². The summed E-state index contributed by atoms with van der Waals surface area (Å²) in [7, 11) is 9.67. The Hall–Kier alpha value is -0.820. The fraction of sp³-hybridized carbons (Fsp3) is 0.867. The normalized spacial score (nSPS) is 22.9. The molecule has 0 aromatic carbocycles. The zero-order valence-corrected chi connectivity index (χ0v) is 16.1. The number of rotatable bonds is 12. The average molecular weight is 364 g/mol. The lowest BCUT2D eigenvalue weighted by molar-refractivity contribution is -0.302. The lowest BCUT2D eigenvalue weighted by Crippen LogP contribution is -2.73. The van der Waals surface area contributed by atoms with Crippen LogP contribution in [0.5, 0.6) is 0 Å². The fourth-order valence-electron chi connectivity index (χ4n) is 2.90. The SMILES string of the molecule is COCC1=C(COC)C(N)(COC)N(COC)N(COC)N1COC. The summed E-state index contributed by atoms with van der Waals surface area (Å²) in [6.07, 6.45) is 0. The number of hydrogen-bond acceptors (Lipinski definition) is 10. The highest BCUT2D eigenvalue weighted by Gasteiger charge is 2.48. The molecule has 0 aliphatic carbocycles. The Kier molecular flexibility index (Phi) is 9.79. The first kappa shape index (κ1) is 22.2. The van der Waals surface area contributed by atoms with Crippen LogP contribution in [0.1, 0.15) is 0 Å². The van der Waals surface area contributed by atoms with E-state index >= 15 is 0 Å². The van der Waals surface area contributed by atoms with Crippen molar-refractivity contribution in [3.63, 3.8) is 0 Å². The molecule has 0 saturated heterocycles. The van der Waals surface area contributed by atoms with Crippen molar-refractivity contribution in [2.45, 2.75) is 5.66 Å². The van der Waals surface area contributed by atoms with Gasteiger partial charge >= 0.3 is 0 Å². The van der Waals surface area contributed by atoms with E-state index in [0.29, 0.717) is 13.2 Å². The van der Waals surface area contributed by atoms with Crippen molar-refractivity contribution in [1.29, 1.82) is 0 Å². The zero-order valence-electron chi connectivity index (χ0n) is 16.1. The third-order valence-corrected chi connectivity index (χ3v) is 3.88. The first-order valence-corrected chi connectivity index (χ1v) is 7.83. The summed E-state index contributed by atoms with van der Waals surface area (Å²) in [6, 6.07) is 0. The van der Waals surface area contributed by atoms with Crippen LogP contribution in [-0.4, -0.2) is 103 Å². The first-order valence-electron chi connectivity index (χ1n) is 7.83. The maximum Gasteiger partial charge on any atom is 0.136 e. The molecule has 0 aromatic rings. The Morgan fingerprint density at radius 1 is 0.760 bits per heavy atom. The van der Waals surface area contributed by atoms with Crippen LogP contribution < -0.4 is 5.73 Å². The van der Waals surface area contributed by atoms with E-state index < -0.39 is 5.66 Å². The van der Waals surface area contributed by atoms with E-state index in [4.69, 9.17) is 34.2 Å². The second kappa shape index (κ2) is 11.0. The molecule has 0 spiro atoms. The molecule has 0 saturated carbocycles. The molecule has 10 heteroatoms. The van der Waals surface area contributed by atoms with Gasteiger partial charge in [-0.05, 0) is 0 Å². The van der Waals surface area contributed by atoms with Gasteiger partial charge in [-0.2, -0.15) is 5.01 Å². The third kappa shape index (κ3) is 4.88. The van der Waals surface area contributed by atoms with Crippen LogP contribution in [0.2, 0.25) is 0 Å². The second-order valence-electron chi connectivity index (χ2n) is 5.57. The molecule has 10 nitrogen and oxygen atoms in total. The van der Waals surface area contributed by atoms with E-state index in [0.717, 1.165) is 11.3 Å². The first-order chi connectivity index (χ1) is 12.0. The van der Waals surface area contributed by atoms with Crippen LogP contribution in [0.25, 0.3) is 0 Å². The summed E-state index contributed by atoms with van der Waals surface area (Å²) < 4.78 is 32.4. The van der Waals surface area contributed by atoms with Gasteiger partial charge in [-0.25, -0.2) is 0 Å². The van der Waals surface area contributed by atoms with Gasteiger partial charge in [-0.1, -0.05) is 0 Å². The molecule has 1 aliphatic rings. The average Bonchev–Trinajstić information content (AvgIpc) is 2.58. The van der Waals surface area contributed by atoms with Crippen LogP contribution in [-0.2, 0) is 28.4 Å². The van der Waals surface area contributed by atoms with Crippen LogP contribution >= 0.6 is 0 Å². The highest BCUT2D eigenvalue weighted by molar-refractivity contribution is 5.28. The van der Waals surface area contributed by atoms with Crippen molar-refractivity contribution in [2.75, 3.05) is 82.7 Å². The van der Waals surface area contributed by atoms with Crippen LogP contribution in [0.15, 0.2) is 11.3 Å². The van der Waals surface area contributed by atoms with Gasteiger partial charge in [0.1, 0.15) is 25.9 Å². The fourth-order valence-corrected chi connectivity index (χ4v) is 2.90. The number of nitrogens with two attached hydrogens (primary N) is 1. The Morgan fingerprint density at radius 2 is 1.36 bits per heavy atom. The molecule has 1 unspecified atom stereocenters. The van der Waals surface area contributed by atoms with Gasteiger partial charge in [0.15, 0.2) is 0 Å².